The summed E-state index contributed by atoms with van der Waals surface area (Å²) in [6.07, 6.45) is 7.59. The van der Waals surface area contributed by atoms with Crippen molar-refractivity contribution in [3.8, 4) is 0 Å². The van der Waals surface area contributed by atoms with Gasteiger partial charge in [0.25, 0.3) is 0 Å². The van der Waals surface area contributed by atoms with Crippen LogP contribution in [0.3, 0.4) is 0 Å². The van der Waals surface area contributed by atoms with Crippen LogP contribution in [0.5, 0.6) is 0 Å². The summed E-state index contributed by atoms with van der Waals surface area (Å²) in [5.74, 6) is 0.996. The van der Waals surface area contributed by atoms with Gasteiger partial charge in [-0.05, 0) is 18.3 Å². The fourth-order valence-corrected chi connectivity index (χ4v) is 2.50. The maximum absolute atomic E-state index is 6.29. The lowest BCUT2D eigenvalue weighted by Crippen LogP contribution is -2.40. The molecule has 1 saturated carbocycles. The van der Waals surface area contributed by atoms with Crippen LogP contribution in [0.2, 0.25) is 0 Å². The summed E-state index contributed by atoms with van der Waals surface area (Å²) in [5.41, 5.74) is 6.60. The number of hydrogen-bond donors (Lipinski definition) is 1. The third-order valence-electron chi connectivity index (χ3n) is 3.85. The summed E-state index contributed by atoms with van der Waals surface area (Å²) in [6.45, 7) is 2.31. The third kappa shape index (κ3) is 2.04. The molecule has 15 heavy (non-hydrogen) atoms. The minimum absolute atomic E-state index is 0.211. The lowest BCUT2D eigenvalue weighted by molar-refractivity contribution is 0.256. The molecule has 0 bridgehead atoms. The van der Waals surface area contributed by atoms with Gasteiger partial charge in [0.05, 0.1) is 0 Å². The molecule has 0 aromatic carbocycles. The van der Waals surface area contributed by atoms with Crippen LogP contribution in [0.1, 0.15) is 38.4 Å². The Bertz CT molecular complexity index is 325. The molecule has 2 rings (SSSR count). The van der Waals surface area contributed by atoms with Crippen molar-refractivity contribution in [1.82, 2.24) is 14.8 Å². The molecular formula is C11H20N4. The van der Waals surface area contributed by atoms with Crippen LogP contribution in [0.4, 0.5) is 0 Å². The quantitative estimate of drug-likeness (QED) is 0.813. The molecule has 1 atom stereocenters. The van der Waals surface area contributed by atoms with Gasteiger partial charge < -0.3 is 5.73 Å². The van der Waals surface area contributed by atoms with E-state index in [9.17, 15) is 0 Å². The lowest BCUT2D eigenvalue weighted by Gasteiger charge is -2.30. The molecule has 4 nitrogen and oxygen atoms in total. The highest BCUT2D eigenvalue weighted by Crippen LogP contribution is 2.40. The highest BCUT2D eigenvalue weighted by atomic mass is 15.3. The third-order valence-corrected chi connectivity index (χ3v) is 3.85. The van der Waals surface area contributed by atoms with Crippen molar-refractivity contribution in [1.29, 1.82) is 0 Å². The van der Waals surface area contributed by atoms with Crippen molar-refractivity contribution in [2.45, 2.75) is 45.1 Å². The fourth-order valence-electron chi connectivity index (χ4n) is 2.50. The van der Waals surface area contributed by atoms with Gasteiger partial charge in [0.15, 0.2) is 0 Å². The normalized spacial score (nSPS) is 21.8. The van der Waals surface area contributed by atoms with Gasteiger partial charge in [-0.3, -0.25) is 4.68 Å². The summed E-state index contributed by atoms with van der Waals surface area (Å²) < 4.78 is 1.82. The van der Waals surface area contributed by atoms with E-state index in [-0.39, 0.29) is 6.04 Å². The number of nitrogens with two attached hydrogens (primary N) is 1. The smallest absolute Gasteiger partial charge is 0.138 e. The second-order valence-electron chi connectivity index (χ2n) is 4.97. The maximum Gasteiger partial charge on any atom is 0.138 e. The van der Waals surface area contributed by atoms with Crippen molar-refractivity contribution in [3.05, 3.63) is 12.2 Å². The summed E-state index contributed by atoms with van der Waals surface area (Å²) in [6, 6.07) is 0.211. The molecule has 0 saturated heterocycles. The predicted octanol–water partition coefficient (Wildman–Crippen LogP) is 1.27. The molecule has 0 spiro atoms. The Kier molecular flexibility index (Phi) is 2.78. The van der Waals surface area contributed by atoms with Gasteiger partial charge >= 0.3 is 0 Å². The van der Waals surface area contributed by atoms with Crippen molar-refractivity contribution < 1.29 is 0 Å². The second-order valence-corrected chi connectivity index (χ2v) is 4.97. The largest absolute Gasteiger partial charge is 0.327 e. The van der Waals surface area contributed by atoms with Gasteiger partial charge in [0.2, 0.25) is 0 Å². The molecule has 0 aliphatic heterocycles. The van der Waals surface area contributed by atoms with Gasteiger partial charge in [-0.15, -0.1) is 0 Å². The highest BCUT2D eigenvalue weighted by Gasteiger charge is 2.35. The first-order chi connectivity index (χ1) is 7.12. The first kappa shape index (κ1) is 10.6. The first-order valence-corrected chi connectivity index (χ1v) is 5.70. The SMILES string of the molecule is Cn1ncnc1CC(N)C1(C)CCCC1. The van der Waals surface area contributed by atoms with Crippen LogP contribution < -0.4 is 5.73 Å². The van der Waals surface area contributed by atoms with Crippen molar-refractivity contribution in [3.63, 3.8) is 0 Å². The van der Waals surface area contributed by atoms with E-state index in [4.69, 9.17) is 5.73 Å². The molecule has 0 radical (unpaired) electrons. The first-order valence-electron chi connectivity index (χ1n) is 5.70. The van der Waals surface area contributed by atoms with Gasteiger partial charge in [-0.2, -0.15) is 5.10 Å². The van der Waals surface area contributed by atoms with Crippen LogP contribution in [0, 0.1) is 5.41 Å². The van der Waals surface area contributed by atoms with Crippen LogP contribution >= 0.6 is 0 Å². The van der Waals surface area contributed by atoms with Gasteiger partial charge in [-0.25, -0.2) is 4.98 Å². The van der Waals surface area contributed by atoms with E-state index in [1.807, 2.05) is 11.7 Å². The van der Waals surface area contributed by atoms with E-state index < -0.39 is 0 Å². The molecule has 1 heterocycles. The number of nitrogens with zero attached hydrogens (tertiary/aromatic N) is 3. The summed E-state index contributed by atoms with van der Waals surface area (Å²) in [5, 5.41) is 4.07. The van der Waals surface area contributed by atoms with Gasteiger partial charge in [0.1, 0.15) is 12.2 Å². The molecule has 1 aromatic rings. The molecule has 1 fully saturated rings. The van der Waals surface area contributed by atoms with Crippen LogP contribution in [0.15, 0.2) is 6.33 Å². The van der Waals surface area contributed by atoms with Crippen LogP contribution in [0.25, 0.3) is 0 Å². The zero-order valence-electron chi connectivity index (χ0n) is 9.61. The molecule has 1 unspecified atom stereocenters. The Morgan fingerprint density at radius 3 is 2.73 bits per heavy atom. The Labute approximate surface area is 90.9 Å². The Hall–Kier alpha value is -0.900. The van der Waals surface area contributed by atoms with E-state index in [1.165, 1.54) is 25.7 Å². The molecule has 2 N–H and O–H groups in total. The molecule has 4 heteroatoms. The van der Waals surface area contributed by atoms with E-state index >= 15 is 0 Å². The van der Waals surface area contributed by atoms with Crippen LogP contribution in [-0.2, 0) is 13.5 Å². The average Bonchev–Trinajstić information content (AvgIpc) is 2.78. The number of rotatable bonds is 3. The minimum atomic E-state index is 0.211. The van der Waals surface area contributed by atoms with E-state index in [1.54, 1.807) is 6.33 Å². The van der Waals surface area contributed by atoms with Gasteiger partial charge in [-0.1, -0.05) is 19.8 Å². The monoisotopic (exact) mass is 208 g/mol. The van der Waals surface area contributed by atoms with E-state index in [2.05, 4.69) is 17.0 Å². The lowest BCUT2D eigenvalue weighted by atomic mass is 9.79. The standard InChI is InChI=1S/C11H20N4/c1-11(5-3-4-6-11)9(12)7-10-13-8-14-15(10)2/h8-9H,3-7,12H2,1-2H3. The van der Waals surface area contributed by atoms with Gasteiger partial charge in [0, 0.05) is 19.5 Å². The Balaban J connectivity index is 2.03. The van der Waals surface area contributed by atoms with E-state index in [0.29, 0.717) is 5.41 Å². The highest BCUT2D eigenvalue weighted by molar-refractivity contribution is 4.96. The minimum Gasteiger partial charge on any atom is -0.327 e. The zero-order chi connectivity index (χ0) is 10.9. The van der Waals surface area contributed by atoms with Crippen molar-refractivity contribution >= 4 is 0 Å². The van der Waals surface area contributed by atoms with Crippen LogP contribution in [-0.4, -0.2) is 20.8 Å². The molecule has 1 aromatic heterocycles. The average molecular weight is 208 g/mol. The van der Waals surface area contributed by atoms with Crippen molar-refractivity contribution in [2.75, 3.05) is 0 Å². The predicted molar refractivity (Wildman–Crippen MR) is 59.3 cm³/mol. The van der Waals surface area contributed by atoms with E-state index in [0.717, 1.165) is 12.2 Å². The molecule has 0 amide bonds. The zero-order valence-corrected chi connectivity index (χ0v) is 9.61. The summed E-state index contributed by atoms with van der Waals surface area (Å²) in [4.78, 5) is 4.23. The number of aromatic nitrogens is 3. The Morgan fingerprint density at radius 1 is 1.53 bits per heavy atom. The second kappa shape index (κ2) is 3.93. The molecule has 1 aliphatic rings. The summed E-state index contributed by atoms with van der Waals surface area (Å²) >= 11 is 0. The van der Waals surface area contributed by atoms with Crippen molar-refractivity contribution in [2.24, 2.45) is 18.2 Å². The molecular weight excluding hydrogens is 188 g/mol. The topological polar surface area (TPSA) is 56.7 Å². The maximum atomic E-state index is 6.29. The molecule has 84 valence electrons. The number of hydrogen-bond acceptors (Lipinski definition) is 3. The Morgan fingerprint density at radius 2 is 2.20 bits per heavy atom. The number of aryl methyl sites for hydroxylation is 1. The summed E-state index contributed by atoms with van der Waals surface area (Å²) in [7, 11) is 1.92. The molecule has 1 aliphatic carbocycles. The fraction of sp³-hybridized carbons (Fsp3) is 0.818.